The molecular weight excluding hydrogens is 350 g/mol. The number of carbonyl (C=O) groups excluding carboxylic acids is 2. The molecule has 8 nitrogen and oxygen atoms in total. The second-order valence-electron chi connectivity index (χ2n) is 6.97. The number of methoxy groups -OCH3 is 1. The van der Waals surface area contributed by atoms with Gasteiger partial charge in [0, 0.05) is 26.2 Å². The molecule has 2 saturated heterocycles. The lowest BCUT2D eigenvalue weighted by molar-refractivity contribution is -0.121. The van der Waals surface area contributed by atoms with E-state index < -0.39 is 5.97 Å². The third-order valence-electron chi connectivity index (χ3n) is 5.15. The Labute approximate surface area is 158 Å². The van der Waals surface area contributed by atoms with Crippen LogP contribution in [0.2, 0.25) is 0 Å². The van der Waals surface area contributed by atoms with Crippen LogP contribution in [0.1, 0.15) is 36.0 Å². The Morgan fingerprint density at radius 3 is 2.48 bits per heavy atom. The SMILES string of the molecule is COc1ccc(NC(=O)C2CCCN(C(=O)N3CCCC3)C2)c(C(=O)O)c1. The number of hydrogen-bond acceptors (Lipinski definition) is 4. The average Bonchev–Trinajstić information content (AvgIpc) is 3.22. The van der Waals surface area contributed by atoms with E-state index in [1.54, 1.807) is 11.0 Å². The van der Waals surface area contributed by atoms with Gasteiger partial charge in [-0.1, -0.05) is 0 Å². The third-order valence-corrected chi connectivity index (χ3v) is 5.15. The third kappa shape index (κ3) is 4.32. The lowest BCUT2D eigenvalue weighted by atomic mass is 9.97. The Kier molecular flexibility index (Phi) is 5.83. The number of amides is 3. The minimum atomic E-state index is -1.14. The van der Waals surface area contributed by atoms with Gasteiger partial charge in [0.25, 0.3) is 0 Å². The number of ether oxygens (including phenoxy) is 1. The quantitative estimate of drug-likeness (QED) is 0.841. The van der Waals surface area contributed by atoms with Crippen LogP contribution in [0.15, 0.2) is 18.2 Å². The first-order chi connectivity index (χ1) is 13.0. The number of aromatic carboxylic acids is 1. The molecule has 2 heterocycles. The number of piperidine rings is 1. The average molecular weight is 375 g/mol. The predicted octanol–water partition coefficient (Wildman–Crippen LogP) is 2.26. The number of benzene rings is 1. The number of likely N-dealkylation sites (tertiary alicyclic amines) is 2. The van der Waals surface area contributed by atoms with Gasteiger partial charge >= 0.3 is 12.0 Å². The van der Waals surface area contributed by atoms with Crippen molar-refractivity contribution in [3.8, 4) is 5.75 Å². The molecule has 8 heteroatoms. The topological polar surface area (TPSA) is 99.2 Å². The molecule has 3 amide bonds. The van der Waals surface area contributed by atoms with E-state index in [4.69, 9.17) is 4.74 Å². The van der Waals surface area contributed by atoms with Crippen molar-refractivity contribution in [2.75, 3.05) is 38.6 Å². The molecule has 0 saturated carbocycles. The summed E-state index contributed by atoms with van der Waals surface area (Å²) in [6, 6.07) is 4.50. The molecule has 1 unspecified atom stereocenters. The molecule has 1 aromatic rings. The van der Waals surface area contributed by atoms with E-state index in [2.05, 4.69) is 5.32 Å². The number of nitrogens with zero attached hydrogens (tertiary/aromatic N) is 2. The molecule has 0 radical (unpaired) electrons. The molecule has 0 bridgehead atoms. The minimum Gasteiger partial charge on any atom is -0.497 e. The highest BCUT2D eigenvalue weighted by molar-refractivity contribution is 6.01. The van der Waals surface area contributed by atoms with E-state index in [0.29, 0.717) is 25.3 Å². The first-order valence-electron chi connectivity index (χ1n) is 9.25. The molecule has 3 rings (SSSR count). The summed E-state index contributed by atoms with van der Waals surface area (Å²) >= 11 is 0. The van der Waals surface area contributed by atoms with Gasteiger partial charge in [0.2, 0.25) is 5.91 Å². The van der Waals surface area contributed by atoms with Crippen molar-refractivity contribution < 1.29 is 24.2 Å². The smallest absolute Gasteiger partial charge is 0.337 e. The normalized spacial score (nSPS) is 19.7. The second-order valence-corrected chi connectivity index (χ2v) is 6.97. The summed E-state index contributed by atoms with van der Waals surface area (Å²) in [6.45, 7) is 2.57. The first kappa shape index (κ1) is 19.0. The number of carbonyl (C=O) groups is 3. The Bertz CT molecular complexity index is 730. The van der Waals surface area contributed by atoms with Crippen LogP contribution in [0, 0.1) is 5.92 Å². The van der Waals surface area contributed by atoms with Crippen LogP contribution in [0.25, 0.3) is 0 Å². The van der Waals surface area contributed by atoms with Crippen LogP contribution >= 0.6 is 0 Å². The predicted molar refractivity (Wildman–Crippen MR) is 99.1 cm³/mol. The molecule has 0 aliphatic carbocycles. The van der Waals surface area contributed by atoms with Gasteiger partial charge in [-0.3, -0.25) is 4.79 Å². The fraction of sp³-hybridized carbons (Fsp3) is 0.526. The van der Waals surface area contributed by atoms with E-state index in [0.717, 1.165) is 32.4 Å². The Hall–Kier alpha value is -2.77. The van der Waals surface area contributed by atoms with E-state index in [9.17, 15) is 19.5 Å². The second kappa shape index (κ2) is 8.28. The molecule has 2 aliphatic heterocycles. The lowest BCUT2D eigenvalue weighted by Crippen LogP contribution is -2.48. The fourth-order valence-corrected chi connectivity index (χ4v) is 3.64. The molecule has 2 N–H and O–H groups in total. The zero-order valence-electron chi connectivity index (χ0n) is 15.4. The Balaban J connectivity index is 1.67. The van der Waals surface area contributed by atoms with E-state index in [-0.39, 0.29) is 29.1 Å². The van der Waals surface area contributed by atoms with Crippen molar-refractivity contribution in [1.82, 2.24) is 9.80 Å². The van der Waals surface area contributed by atoms with Crippen molar-refractivity contribution in [2.45, 2.75) is 25.7 Å². The van der Waals surface area contributed by atoms with Gasteiger partial charge in [0.1, 0.15) is 5.75 Å². The van der Waals surface area contributed by atoms with Crippen molar-refractivity contribution in [3.63, 3.8) is 0 Å². The molecular formula is C19H25N3O5. The molecule has 1 atom stereocenters. The summed E-state index contributed by atoms with van der Waals surface area (Å²) in [5.41, 5.74) is 0.208. The summed E-state index contributed by atoms with van der Waals surface area (Å²) in [5, 5.41) is 12.1. The molecule has 0 spiro atoms. The van der Waals surface area contributed by atoms with Crippen LogP contribution in [0.3, 0.4) is 0 Å². The Morgan fingerprint density at radius 1 is 1.11 bits per heavy atom. The summed E-state index contributed by atoms with van der Waals surface area (Å²) in [5.74, 6) is -1.35. The fourth-order valence-electron chi connectivity index (χ4n) is 3.64. The van der Waals surface area contributed by atoms with E-state index in [1.807, 2.05) is 4.90 Å². The number of anilines is 1. The van der Waals surface area contributed by atoms with Gasteiger partial charge in [0.15, 0.2) is 0 Å². The standard InChI is InChI=1S/C19H25N3O5/c1-27-14-6-7-16(15(11-14)18(24)25)20-17(23)13-5-4-10-22(12-13)19(26)21-8-2-3-9-21/h6-7,11,13H,2-5,8-10,12H2,1H3,(H,20,23)(H,24,25). The molecule has 146 valence electrons. The monoisotopic (exact) mass is 375 g/mol. The Morgan fingerprint density at radius 2 is 1.81 bits per heavy atom. The zero-order valence-corrected chi connectivity index (χ0v) is 15.4. The van der Waals surface area contributed by atoms with Crippen LogP contribution < -0.4 is 10.1 Å². The van der Waals surface area contributed by atoms with E-state index in [1.165, 1.54) is 19.2 Å². The highest BCUT2D eigenvalue weighted by atomic mass is 16.5. The number of nitrogens with one attached hydrogen (secondary N) is 1. The number of hydrogen-bond donors (Lipinski definition) is 2. The van der Waals surface area contributed by atoms with Crippen LogP contribution in [0.4, 0.5) is 10.5 Å². The molecule has 1 aromatic carbocycles. The van der Waals surface area contributed by atoms with Crippen LogP contribution in [-0.2, 0) is 4.79 Å². The molecule has 2 fully saturated rings. The van der Waals surface area contributed by atoms with Crippen molar-refractivity contribution in [1.29, 1.82) is 0 Å². The lowest BCUT2D eigenvalue weighted by Gasteiger charge is -2.34. The van der Waals surface area contributed by atoms with Crippen molar-refractivity contribution >= 4 is 23.6 Å². The van der Waals surface area contributed by atoms with Gasteiger partial charge < -0.3 is 25.0 Å². The van der Waals surface area contributed by atoms with Crippen LogP contribution in [-0.4, -0.2) is 66.1 Å². The van der Waals surface area contributed by atoms with Gasteiger partial charge in [-0.05, 0) is 43.9 Å². The first-order valence-corrected chi connectivity index (χ1v) is 9.25. The zero-order chi connectivity index (χ0) is 19.4. The molecule has 27 heavy (non-hydrogen) atoms. The summed E-state index contributed by atoms with van der Waals surface area (Å²) in [7, 11) is 1.45. The van der Waals surface area contributed by atoms with Gasteiger partial charge in [0.05, 0.1) is 24.3 Å². The summed E-state index contributed by atoms with van der Waals surface area (Å²) in [4.78, 5) is 40.3. The number of rotatable bonds is 4. The van der Waals surface area contributed by atoms with Crippen molar-refractivity contribution in [3.05, 3.63) is 23.8 Å². The maximum atomic E-state index is 12.7. The van der Waals surface area contributed by atoms with E-state index >= 15 is 0 Å². The van der Waals surface area contributed by atoms with Gasteiger partial charge in [-0.25, -0.2) is 9.59 Å². The van der Waals surface area contributed by atoms with Gasteiger partial charge in [-0.2, -0.15) is 0 Å². The highest BCUT2D eigenvalue weighted by Gasteiger charge is 2.32. The number of urea groups is 1. The maximum absolute atomic E-state index is 12.7. The highest BCUT2D eigenvalue weighted by Crippen LogP contribution is 2.25. The largest absolute Gasteiger partial charge is 0.497 e. The molecule has 0 aromatic heterocycles. The number of carboxylic acid groups (broad SMARTS) is 1. The summed E-state index contributed by atoms with van der Waals surface area (Å²) in [6.07, 6.45) is 3.48. The minimum absolute atomic E-state index is 0.000623. The number of carboxylic acids is 1. The maximum Gasteiger partial charge on any atom is 0.337 e. The van der Waals surface area contributed by atoms with Crippen molar-refractivity contribution in [2.24, 2.45) is 5.92 Å². The van der Waals surface area contributed by atoms with Gasteiger partial charge in [-0.15, -0.1) is 0 Å². The summed E-state index contributed by atoms with van der Waals surface area (Å²) < 4.78 is 5.05. The van der Waals surface area contributed by atoms with Crippen LogP contribution in [0.5, 0.6) is 5.75 Å². The molecule has 2 aliphatic rings.